The number of piperidine rings is 1. The average molecular weight is 374 g/mol. The minimum Gasteiger partial charge on any atom is -0.375 e. The maximum absolute atomic E-state index is 12.7. The van der Waals surface area contributed by atoms with Gasteiger partial charge in [0.2, 0.25) is 5.91 Å². The molecule has 1 aromatic rings. The molecular formula is C20H30N4O3. The molecule has 0 spiro atoms. The van der Waals surface area contributed by atoms with Gasteiger partial charge in [0.15, 0.2) is 0 Å². The van der Waals surface area contributed by atoms with Gasteiger partial charge in [0, 0.05) is 31.9 Å². The van der Waals surface area contributed by atoms with E-state index in [1.807, 2.05) is 23.1 Å². The van der Waals surface area contributed by atoms with Crippen molar-refractivity contribution in [2.45, 2.75) is 38.2 Å². The van der Waals surface area contributed by atoms with Crippen LogP contribution in [0.25, 0.3) is 0 Å². The summed E-state index contributed by atoms with van der Waals surface area (Å²) in [5, 5.41) is 2.94. The Kier molecular flexibility index (Phi) is 7.06. The van der Waals surface area contributed by atoms with Gasteiger partial charge in [0.1, 0.15) is 0 Å². The third kappa shape index (κ3) is 6.22. The number of likely N-dealkylation sites (tertiary alicyclic amines) is 1. The fourth-order valence-corrected chi connectivity index (χ4v) is 3.78. The first-order chi connectivity index (χ1) is 13.1. The number of nitrogens with two attached hydrogens (primary N) is 1. The minimum absolute atomic E-state index is 0.0533. The second kappa shape index (κ2) is 9.71. The van der Waals surface area contributed by atoms with Crippen LogP contribution in [-0.2, 0) is 16.0 Å². The topological polar surface area (TPSA) is 87.9 Å². The predicted molar refractivity (Wildman–Crippen MR) is 105 cm³/mol. The number of carbonyl (C=O) groups excluding carboxylic acids is 2. The number of anilines is 1. The van der Waals surface area contributed by atoms with Crippen molar-refractivity contribution in [3.05, 3.63) is 29.8 Å². The molecule has 7 heteroatoms. The van der Waals surface area contributed by atoms with Crippen molar-refractivity contribution in [1.82, 2.24) is 9.80 Å². The predicted octanol–water partition coefficient (Wildman–Crippen LogP) is 1.82. The molecule has 3 amide bonds. The molecule has 148 valence electrons. The number of carbonyl (C=O) groups is 2. The van der Waals surface area contributed by atoms with Crippen molar-refractivity contribution >= 4 is 17.6 Å². The first kappa shape index (κ1) is 19.6. The van der Waals surface area contributed by atoms with Crippen molar-refractivity contribution in [2.75, 3.05) is 44.6 Å². The normalized spacial score (nSPS) is 21.5. The van der Waals surface area contributed by atoms with Crippen LogP contribution in [0, 0.1) is 0 Å². The van der Waals surface area contributed by atoms with Gasteiger partial charge in [0.25, 0.3) is 0 Å². The number of amides is 3. The number of primary amides is 1. The third-order valence-corrected chi connectivity index (χ3v) is 5.10. The second-order valence-corrected chi connectivity index (χ2v) is 7.43. The summed E-state index contributed by atoms with van der Waals surface area (Å²) in [5.41, 5.74) is 6.72. The van der Waals surface area contributed by atoms with Crippen molar-refractivity contribution < 1.29 is 14.3 Å². The Morgan fingerprint density at radius 1 is 1.15 bits per heavy atom. The van der Waals surface area contributed by atoms with Gasteiger partial charge >= 0.3 is 6.03 Å². The molecule has 27 heavy (non-hydrogen) atoms. The summed E-state index contributed by atoms with van der Waals surface area (Å²) in [7, 11) is 0. The van der Waals surface area contributed by atoms with E-state index in [1.54, 1.807) is 6.07 Å². The molecule has 1 atom stereocenters. The van der Waals surface area contributed by atoms with Gasteiger partial charge in [-0.25, -0.2) is 4.79 Å². The smallest absolute Gasteiger partial charge is 0.321 e. The largest absolute Gasteiger partial charge is 0.375 e. The quantitative estimate of drug-likeness (QED) is 0.823. The van der Waals surface area contributed by atoms with Crippen LogP contribution in [0.3, 0.4) is 0 Å². The maximum atomic E-state index is 12.7. The van der Waals surface area contributed by atoms with E-state index < -0.39 is 0 Å². The van der Waals surface area contributed by atoms with Crippen LogP contribution in [0.1, 0.15) is 31.2 Å². The monoisotopic (exact) mass is 374 g/mol. The Morgan fingerprint density at radius 2 is 1.96 bits per heavy atom. The molecule has 0 unspecified atom stereocenters. The number of nitrogens with zero attached hydrogens (tertiary/aromatic N) is 2. The third-order valence-electron chi connectivity index (χ3n) is 5.10. The number of ether oxygens (including phenoxy) is 1. The first-order valence-electron chi connectivity index (χ1n) is 9.87. The summed E-state index contributed by atoms with van der Waals surface area (Å²) in [6.45, 7) is 5.11. The summed E-state index contributed by atoms with van der Waals surface area (Å²) in [4.78, 5) is 28.1. The van der Waals surface area contributed by atoms with Crippen molar-refractivity contribution in [3.63, 3.8) is 0 Å². The van der Waals surface area contributed by atoms with E-state index in [9.17, 15) is 9.59 Å². The van der Waals surface area contributed by atoms with Gasteiger partial charge in [-0.1, -0.05) is 18.6 Å². The van der Waals surface area contributed by atoms with Crippen molar-refractivity contribution in [2.24, 2.45) is 5.73 Å². The van der Waals surface area contributed by atoms with Crippen molar-refractivity contribution in [1.29, 1.82) is 0 Å². The number of hydrogen-bond acceptors (Lipinski definition) is 4. The number of hydrogen-bond donors (Lipinski definition) is 2. The molecule has 3 rings (SSSR count). The van der Waals surface area contributed by atoms with E-state index in [4.69, 9.17) is 10.5 Å². The van der Waals surface area contributed by atoms with Gasteiger partial charge in [0.05, 0.1) is 12.5 Å². The summed E-state index contributed by atoms with van der Waals surface area (Å²) < 4.78 is 5.98. The highest BCUT2D eigenvalue weighted by Gasteiger charge is 2.25. The highest BCUT2D eigenvalue weighted by atomic mass is 16.5. The zero-order chi connectivity index (χ0) is 19.1. The van der Waals surface area contributed by atoms with E-state index in [2.05, 4.69) is 10.2 Å². The van der Waals surface area contributed by atoms with Crippen LogP contribution in [-0.4, -0.2) is 67.2 Å². The first-order valence-corrected chi connectivity index (χ1v) is 9.87. The molecule has 3 N–H and O–H groups in total. The summed E-state index contributed by atoms with van der Waals surface area (Å²) in [5.74, 6) is -0.385. The molecule has 1 aromatic carbocycles. The molecule has 2 aliphatic heterocycles. The van der Waals surface area contributed by atoms with Gasteiger partial charge in [-0.05, 0) is 50.0 Å². The fourth-order valence-electron chi connectivity index (χ4n) is 3.78. The summed E-state index contributed by atoms with van der Waals surface area (Å²) >= 11 is 0. The standard InChI is InChI=1S/C20H30N4O3/c21-19(25)13-16-6-4-7-17(12-16)22-20(26)24-10-5-11-27-18(15-24)14-23-8-2-1-3-9-23/h4,6-7,12,18H,1-3,5,8-11,13-15H2,(H2,21,25)(H,22,26)/t18-/m1/s1. The van der Waals surface area contributed by atoms with Crippen LogP contribution in [0.15, 0.2) is 24.3 Å². The molecule has 0 aliphatic carbocycles. The number of urea groups is 1. The summed E-state index contributed by atoms with van der Waals surface area (Å²) in [6.07, 6.45) is 4.87. The molecule has 2 heterocycles. The Labute approximate surface area is 160 Å². The van der Waals surface area contributed by atoms with Gasteiger partial charge in [-0.2, -0.15) is 0 Å². The molecule has 0 saturated carbocycles. The lowest BCUT2D eigenvalue weighted by atomic mass is 10.1. The lowest BCUT2D eigenvalue weighted by Crippen LogP contribution is -2.45. The zero-order valence-electron chi connectivity index (χ0n) is 15.9. The SMILES string of the molecule is NC(=O)Cc1cccc(NC(=O)N2CCCO[C@H](CN3CCCCC3)C2)c1. The number of rotatable bonds is 5. The fraction of sp³-hybridized carbons (Fsp3) is 0.600. The molecule has 2 fully saturated rings. The lowest BCUT2D eigenvalue weighted by Gasteiger charge is -2.31. The molecule has 2 saturated heterocycles. The Bertz CT molecular complexity index is 646. The molecular weight excluding hydrogens is 344 g/mol. The Hall–Kier alpha value is -2.12. The number of benzene rings is 1. The summed E-state index contributed by atoms with van der Waals surface area (Å²) in [6, 6.07) is 7.14. The Balaban J connectivity index is 1.57. The van der Waals surface area contributed by atoms with Crippen molar-refractivity contribution in [3.8, 4) is 0 Å². The van der Waals surface area contributed by atoms with Gasteiger partial charge in [-0.3, -0.25) is 4.79 Å². The second-order valence-electron chi connectivity index (χ2n) is 7.43. The van der Waals surface area contributed by atoms with E-state index in [0.29, 0.717) is 25.4 Å². The molecule has 7 nitrogen and oxygen atoms in total. The minimum atomic E-state index is -0.385. The van der Waals surface area contributed by atoms with E-state index >= 15 is 0 Å². The maximum Gasteiger partial charge on any atom is 0.321 e. The van der Waals surface area contributed by atoms with Gasteiger partial charge in [-0.15, -0.1) is 0 Å². The van der Waals surface area contributed by atoms with Crippen LogP contribution < -0.4 is 11.1 Å². The van der Waals surface area contributed by atoms with Gasteiger partial charge < -0.3 is 25.6 Å². The highest BCUT2D eigenvalue weighted by molar-refractivity contribution is 5.89. The van der Waals surface area contributed by atoms with E-state index in [0.717, 1.165) is 31.6 Å². The lowest BCUT2D eigenvalue weighted by molar-refractivity contribution is -0.117. The Morgan fingerprint density at radius 3 is 2.74 bits per heavy atom. The van der Waals surface area contributed by atoms with E-state index in [-0.39, 0.29) is 24.5 Å². The van der Waals surface area contributed by atoms with Crippen LogP contribution in [0.5, 0.6) is 0 Å². The zero-order valence-corrected chi connectivity index (χ0v) is 15.9. The van der Waals surface area contributed by atoms with Crippen LogP contribution >= 0.6 is 0 Å². The van der Waals surface area contributed by atoms with E-state index in [1.165, 1.54) is 19.3 Å². The molecule has 0 aromatic heterocycles. The van der Waals surface area contributed by atoms with Crippen LogP contribution in [0.2, 0.25) is 0 Å². The average Bonchev–Trinajstić information content (AvgIpc) is 2.88. The van der Waals surface area contributed by atoms with Crippen LogP contribution in [0.4, 0.5) is 10.5 Å². The number of nitrogens with one attached hydrogen (secondary N) is 1. The molecule has 2 aliphatic rings. The molecule has 0 bridgehead atoms. The molecule has 0 radical (unpaired) electrons. The highest BCUT2D eigenvalue weighted by Crippen LogP contribution is 2.15.